The molecule has 3 amide bonds. The van der Waals surface area contributed by atoms with Gasteiger partial charge in [0, 0.05) is 13.0 Å². The normalized spacial score (nSPS) is 10.0. The van der Waals surface area contributed by atoms with Gasteiger partial charge in [0.25, 0.3) is 5.91 Å². The summed E-state index contributed by atoms with van der Waals surface area (Å²) in [6, 6.07) is 2.55. The number of ketones is 1. The van der Waals surface area contributed by atoms with Gasteiger partial charge in [-0.25, -0.2) is 4.79 Å². The van der Waals surface area contributed by atoms with Crippen molar-refractivity contribution in [2.24, 2.45) is 0 Å². The average molecular weight is 361 g/mol. The number of carbonyl (C=O) groups excluding carboxylic acids is 4. The standard InChI is InChI=1S/C14H17ClN2O5S/c1-2-7-16-14(21)17-12(19)8-22-13(20)6-3-9(18)10-4-5-11(15)23-10/h4-5H,2-3,6-8H2,1H3,(H2,16,17,19,21). The van der Waals surface area contributed by atoms with Crippen LogP contribution in [0.1, 0.15) is 35.9 Å². The van der Waals surface area contributed by atoms with Crippen LogP contribution in [0, 0.1) is 0 Å². The lowest BCUT2D eigenvalue weighted by Crippen LogP contribution is -2.41. The number of imide groups is 1. The highest BCUT2D eigenvalue weighted by molar-refractivity contribution is 7.18. The number of urea groups is 1. The van der Waals surface area contributed by atoms with Crippen LogP contribution in [-0.4, -0.2) is 36.8 Å². The van der Waals surface area contributed by atoms with Gasteiger partial charge in [0.05, 0.1) is 15.6 Å². The van der Waals surface area contributed by atoms with Gasteiger partial charge in [-0.15, -0.1) is 11.3 Å². The van der Waals surface area contributed by atoms with Gasteiger partial charge in [0.1, 0.15) is 0 Å². The van der Waals surface area contributed by atoms with Crippen LogP contribution in [0.3, 0.4) is 0 Å². The van der Waals surface area contributed by atoms with Crippen molar-refractivity contribution in [2.75, 3.05) is 13.2 Å². The molecule has 7 nitrogen and oxygen atoms in total. The summed E-state index contributed by atoms with van der Waals surface area (Å²) in [4.78, 5) is 46.2. The number of ether oxygens (including phenoxy) is 1. The second-order valence-electron chi connectivity index (χ2n) is 4.49. The van der Waals surface area contributed by atoms with Gasteiger partial charge in [-0.1, -0.05) is 18.5 Å². The number of hydrogen-bond acceptors (Lipinski definition) is 6. The topological polar surface area (TPSA) is 102 Å². The van der Waals surface area contributed by atoms with Gasteiger partial charge < -0.3 is 10.1 Å². The molecule has 0 aliphatic carbocycles. The van der Waals surface area contributed by atoms with Crippen LogP contribution in [0.2, 0.25) is 4.34 Å². The zero-order valence-electron chi connectivity index (χ0n) is 12.5. The molecule has 0 aliphatic heterocycles. The third-order valence-electron chi connectivity index (χ3n) is 2.56. The molecule has 0 spiro atoms. The maximum absolute atomic E-state index is 11.8. The highest BCUT2D eigenvalue weighted by Crippen LogP contribution is 2.22. The van der Waals surface area contributed by atoms with E-state index in [1.165, 1.54) is 0 Å². The average Bonchev–Trinajstić information content (AvgIpc) is 2.95. The molecule has 0 aromatic carbocycles. The van der Waals surface area contributed by atoms with Crippen LogP contribution in [-0.2, 0) is 14.3 Å². The van der Waals surface area contributed by atoms with Gasteiger partial charge in [0.2, 0.25) is 0 Å². The SMILES string of the molecule is CCCNC(=O)NC(=O)COC(=O)CCC(=O)c1ccc(Cl)s1. The van der Waals surface area contributed by atoms with E-state index < -0.39 is 24.5 Å². The smallest absolute Gasteiger partial charge is 0.321 e. The second kappa shape index (κ2) is 9.96. The predicted molar refractivity (Wildman–Crippen MR) is 85.7 cm³/mol. The molecule has 0 aliphatic rings. The lowest BCUT2D eigenvalue weighted by Gasteiger charge is -2.06. The summed E-state index contributed by atoms with van der Waals surface area (Å²) in [5.74, 6) is -1.64. The van der Waals surface area contributed by atoms with E-state index in [1.54, 1.807) is 12.1 Å². The highest BCUT2D eigenvalue weighted by atomic mass is 35.5. The zero-order chi connectivity index (χ0) is 17.2. The van der Waals surface area contributed by atoms with Crippen LogP contribution in [0.4, 0.5) is 4.79 Å². The molecule has 0 saturated heterocycles. The first-order valence-electron chi connectivity index (χ1n) is 6.94. The Balaban J connectivity index is 2.22. The summed E-state index contributed by atoms with van der Waals surface area (Å²) in [6.45, 7) is 1.74. The molecule has 9 heteroatoms. The van der Waals surface area contributed by atoms with E-state index in [0.29, 0.717) is 15.8 Å². The van der Waals surface area contributed by atoms with Gasteiger partial charge in [-0.3, -0.25) is 19.7 Å². The van der Waals surface area contributed by atoms with E-state index in [4.69, 9.17) is 16.3 Å². The van der Waals surface area contributed by atoms with Crippen molar-refractivity contribution < 1.29 is 23.9 Å². The van der Waals surface area contributed by atoms with Crippen LogP contribution in [0.15, 0.2) is 12.1 Å². The molecule has 0 fully saturated rings. The Kier molecular flexibility index (Phi) is 8.28. The Morgan fingerprint density at radius 3 is 2.57 bits per heavy atom. The molecular formula is C14H17ClN2O5S. The molecule has 1 aromatic heterocycles. The Morgan fingerprint density at radius 1 is 1.22 bits per heavy atom. The first kappa shape index (κ1) is 19.1. The molecule has 1 rings (SSSR count). The van der Waals surface area contributed by atoms with Crippen molar-refractivity contribution in [3.05, 3.63) is 21.3 Å². The molecular weight excluding hydrogens is 344 g/mol. The Hall–Kier alpha value is -1.93. The van der Waals surface area contributed by atoms with E-state index in [-0.39, 0.29) is 18.6 Å². The third kappa shape index (κ3) is 7.75. The van der Waals surface area contributed by atoms with Crippen molar-refractivity contribution >= 4 is 46.6 Å². The van der Waals surface area contributed by atoms with Gasteiger partial charge in [-0.05, 0) is 18.6 Å². The van der Waals surface area contributed by atoms with Gasteiger partial charge >= 0.3 is 12.0 Å². The summed E-state index contributed by atoms with van der Waals surface area (Å²) in [5.41, 5.74) is 0. The van der Waals surface area contributed by atoms with Crippen molar-refractivity contribution in [3.63, 3.8) is 0 Å². The number of nitrogens with one attached hydrogen (secondary N) is 2. The van der Waals surface area contributed by atoms with Crippen molar-refractivity contribution in [1.82, 2.24) is 10.6 Å². The Labute approximate surface area is 142 Å². The largest absolute Gasteiger partial charge is 0.456 e. The summed E-state index contributed by atoms with van der Waals surface area (Å²) in [7, 11) is 0. The summed E-state index contributed by atoms with van der Waals surface area (Å²) in [5, 5.41) is 4.46. The Bertz CT molecular complexity index is 587. The fourth-order valence-electron chi connectivity index (χ4n) is 1.47. The molecule has 0 unspecified atom stereocenters. The molecule has 1 aromatic rings. The van der Waals surface area contributed by atoms with Crippen molar-refractivity contribution in [1.29, 1.82) is 0 Å². The maximum Gasteiger partial charge on any atom is 0.321 e. The molecule has 0 atom stereocenters. The van der Waals surface area contributed by atoms with E-state index in [2.05, 4.69) is 5.32 Å². The highest BCUT2D eigenvalue weighted by Gasteiger charge is 2.14. The number of esters is 1. The molecule has 126 valence electrons. The fraction of sp³-hybridized carbons (Fsp3) is 0.429. The van der Waals surface area contributed by atoms with Crippen LogP contribution in [0.25, 0.3) is 0 Å². The van der Waals surface area contributed by atoms with E-state index in [1.807, 2.05) is 12.2 Å². The summed E-state index contributed by atoms with van der Waals surface area (Å²) >= 11 is 6.86. The number of halogens is 1. The number of carbonyl (C=O) groups is 4. The fourth-order valence-corrected chi connectivity index (χ4v) is 2.48. The number of thiophene rings is 1. The van der Waals surface area contributed by atoms with Crippen LogP contribution in [0.5, 0.6) is 0 Å². The van der Waals surface area contributed by atoms with E-state index in [9.17, 15) is 19.2 Å². The first-order valence-corrected chi connectivity index (χ1v) is 8.13. The molecule has 0 bridgehead atoms. The van der Waals surface area contributed by atoms with E-state index in [0.717, 1.165) is 17.8 Å². The van der Waals surface area contributed by atoms with E-state index >= 15 is 0 Å². The van der Waals surface area contributed by atoms with Crippen LogP contribution >= 0.6 is 22.9 Å². The molecule has 2 N–H and O–H groups in total. The summed E-state index contributed by atoms with van der Waals surface area (Å²) in [6.07, 6.45) is 0.554. The monoisotopic (exact) mass is 360 g/mol. The quantitative estimate of drug-likeness (QED) is 0.546. The number of Topliss-reactive ketones (excluding diaryl/α,β-unsaturated/α-hetero) is 1. The molecule has 1 heterocycles. The van der Waals surface area contributed by atoms with Gasteiger partial charge in [-0.2, -0.15) is 0 Å². The lowest BCUT2D eigenvalue weighted by atomic mass is 10.2. The van der Waals surface area contributed by atoms with Gasteiger partial charge in [0.15, 0.2) is 12.4 Å². The number of amides is 3. The number of rotatable bonds is 8. The molecule has 0 saturated carbocycles. The minimum Gasteiger partial charge on any atom is -0.456 e. The van der Waals surface area contributed by atoms with Crippen LogP contribution < -0.4 is 10.6 Å². The first-order chi connectivity index (χ1) is 10.9. The van der Waals surface area contributed by atoms with Crippen molar-refractivity contribution in [2.45, 2.75) is 26.2 Å². The number of hydrogen-bond donors (Lipinski definition) is 2. The predicted octanol–water partition coefficient (Wildman–Crippen LogP) is 2.14. The Morgan fingerprint density at radius 2 is 1.96 bits per heavy atom. The molecule has 0 radical (unpaired) electrons. The maximum atomic E-state index is 11.8. The lowest BCUT2D eigenvalue weighted by molar-refractivity contribution is -0.148. The third-order valence-corrected chi connectivity index (χ3v) is 3.83. The van der Waals surface area contributed by atoms with Crippen molar-refractivity contribution in [3.8, 4) is 0 Å². The zero-order valence-corrected chi connectivity index (χ0v) is 14.1. The second-order valence-corrected chi connectivity index (χ2v) is 6.21. The summed E-state index contributed by atoms with van der Waals surface area (Å²) < 4.78 is 5.19. The minimum absolute atomic E-state index is 0.0335. The minimum atomic E-state index is -0.733. The molecule has 23 heavy (non-hydrogen) atoms.